The second-order valence-corrected chi connectivity index (χ2v) is 9.71. The molecule has 1 fully saturated rings. The van der Waals surface area contributed by atoms with Gasteiger partial charge in [-0.2, -0.15) is 0 Å². The van der Waals surface area contributed by atoms with Crippen LogP contribution in [-0.2, 0) is 9.84 Å². The lowest BCUT2D eigenvalue weighted by molar-refractivity contribution is 0.0746. The minimum absolute atomic E-state index is 0.138. The van der Waals surface area contributed by atoms with Crippen molar-refractivity contribution in [3.63, 3.8) is 0 Å². The summed E-state index contributed by atoms with van der Waals surface area (Å²) in [5.41, 5.74) is 1.13. The third-order valence-electron chi connectivity index (χ3n) is 4.69. The Morgan fingerprint density at radius 2 is 1.86 bits per heavy atom. The van der Waals surface area contributed by atoms with Crippen LogP contribution < -0.4 is 4.90 Å². The fraction of sp³-hybridized carbons (Fsp3) is 0.263. The van der Waals surface area contributed by atoms with Crippen molar-refractivity contribution in [2.45, 2.75) is 4.90 Å². The van der Waals surface area contributed by atoms with E-state index < -0.39 is 9.84 Å². The number of fused-ring (bicyclic) bond motifs is 1. The fourth-order valence-corrected chi connectivity index (χ4v) is 4.87. The summed E-state index contributed by atoms with van der Waals surface area (Å²) in [6.07, 6.45) is 1.12. The smallest absolute Gasteiger partial charge is 0.254 e. The molecule has 4 rings (SSSR count). The third kappa shape index (κ3) is 3.72. The van der Waals surface area contributed by atoms with Crippen LogP contribution in [0.4, 0.5) is 9.52 Å². The molecule has 0 N–H and O–H groups in total. The van der Waals surface area contributed by atoms with E-state index in [1.54, 1.807) is 23.1 Å². The van der Waals surface area contributed by atoms with Crippen LogP contribution in [0, 0.1) is 5.82 Å². The number of aromatic nitrogens is 1. The highest BCUT2D eigenvalue weighted by atomic mass is 32.2. The Labute approximate surface area is 166 Å². The molecule has 2 heterocycles. The van der Waals surface area contributed by atoms with Gasteiger partial charge in [0.2, 0.25) is 0 Å². The number of thiazole rings is 1. The number of sulfone groups is 1. The number of amides is 1. The van der Waals surface area contributed by atoms with Crippen LogP contribution in [0.25, 0.3) is 10.2 Å². The number of piperazine rings is 1. The van der Waals surface area contributed by atoms with Crippen LogP contribution >= 0.6 is 11.3 Å². The van der Waals surface area contributed by atoms with Crippen LogP contribution in [0.2, 0.25) is 0 Å². The summed E-state index contributed by atoms with van der Waals surface area (Å²) >= 11 is 1.43. The third-order valence-corrected chi connectivity index (χ3v) is 6.87. The molecule has 9 heteroatoms. The number of rotatable bonds is 3. The minimum atomic E-state index is -3.36. The minimum Gasteiger partial charge on any atom is -0.345 e. The molecule has 1 aliphatic rings. The summed E-state index contributed by atoms with van der Waals surface area (Å²) in [6.45, 7) is 2.23. The molecule has 0 atom stereocenters. The highest BCUT2D eigenvalue weighted by Crippen LogP contribution is 2.30. The first-order valence-corrected chi connectivity index (χ1v) is 11.4. The van der Waals surface area contributed by atoms with Crippen molar-refractivity contribution >= 4 is 42.4 Å². The molecule has 3 aromatic rings. The maximum atomic E-state index is 13.4. The maximum Gasteiger partial charge on any atom is 0.254 e. The summed E-state index contributed by atoms with van der Waals surface area (Å²) in [5, 5.41) is 0.812. The normalized spacial score (nSPS) is 15.2. The first kappa shape index (κ1) is 18.8. The van der Waals surface area contributed by atoms with Gasteiger partial charge in [0.05, 0.1) is 15.1 Å². The molecule has 28 heavy (non-hydrogen) atoms. The molecule has 0 unspecified atom stereocenters. The van der Waals surface area contributed by atoms with Gasteiger partial charge in [-0.05, 0) is 36.4 Å². The summed E-state index contributed by atoms with van der Waals surface area (Å²) in [4.78, 5) is 21.2. The zero-order valence-corrected chi connectivity index (χ0v) is 16.8. The average Bonchev–Trinajstić information content (AvgIpc) is 3.10. The van der Waals surface area contributed by atoms with Crippen molar-refractivity contribution < 1.29 is 17.6 Å². The van der Waals surface area contributed by atoms with Crippen LogP contribution in [0.3, 0.4) is 0 Å². The van der Waals surface area contributed by atoms with Crippen molar-refractivity contribution in [2.75, 3.05) is 37.3 Å². The van der Waals surface area contributed by atoms with E-state index in [-0.39, 0.29) is 16.6 Å². The van der Waals surface area contributed by atoms with Gasteiger partial charge in [0, 0.05) is 38.0 Å². The molecular weight excluding hydrogens is 401 g/mol. The first-order chi connectivity index (χ1) is 13.3. The van der Waals surface area contributed by atoms with Crippen LogP contribution in [0.15, 0.2) is 47.4 Å². The molecule has 0 radical (unpaired) electrons. The molecule has 1 aliphatic heterocycles. The van der Waals surface area contributed by atoms with E-state index >= 15 is 0 Å². The summed E-state index contributed by atoms with van der Waals surface area (Å²) in [5.74, 6) is -0.467. The van der Waals surface area contributed by atoms with Gasteiger partial charge in [0.1, 0.15) is 5.82 Å². The standard InChI is InChI=1S/C19H18FN3O3S2/c1-28(25,26)15-4-2-3-13(11-15)18(24)22-7-9-23(10-8-22)19-21-16-6-5-14(20)12-17(16)27-19/h2-6,11-12H,7-10H2,1H3. The van der Waals surface area contributed by atoms with Gasteiger partial charge in [-0.1, -0.05) is 17.4 Å². The number of carbonyl (C=O) groups excluding carboxylic acids is 1. The van der Waals surface area contributed by atoms with Crippen molar-refractivity contribution in [2.24, 2.45) is 0 Å². The summed E-state index contributed by atoms with van der Waals surface area (Å²) in [7, 11) is -3.36. The Bertz CT molecular complexity index is 1150. The Morgan fingerprint density at radius 3 is 2.57 bits per heavy atom. The predicted molar refractivity (Wildman–Crippen MR) is 107 cm³/mol. The van der Waals surface area contributed by atoms with Crippen molar-refractivity contribution in [1.82, 2.24) is 9.88 Å². The number of anilines is 1. The Morgan fingerprint density at radius 1 is 1.11 bits per heavy atom. The molecule has 1 aromatic heterocycles. The quantitative estimate of drug-likeness (QED) is 0.653. The number of carbonyl (C=O) groups is 1. The maximum absolute atomic E-state index is 13.4. The van der Waals surface area contributed by atoms with Gasteiger partial charge in [-0.25, -0.2) is 17.8 Å². The van der Waals surface area contributed by atoms with Gasteiger partial charge in [-0.3, -0.25) is 4.79 Å². The predicted octanol–water partition coefficient (Wildman–Crippen LogP) is 2.80. The molecule has 0 aliphatic carbocycles. The lowest BCUT2D eigenvalue weighted by atomic mass is 10.2. The Hall–Kier alpha value is -2.52. The number of halogens is 1. The highest BCUT2D eigenvalue weighted by Gasteiger charge is 2.24. The SMILES string of the molecule is CS(=O)(=O)c1cccc(C(=O)N2CCN(c3nc4ccc(F)cc4s3)CC2)c1. The van der Waals surface area contributed by atoms with Crippen LogP contribution in [0.5, 0.6) is 0 Å². The van der Waals surface area contributed by atoms with E-state index in [1.165, 1.54) is 35.6 Å². The lowest BCUT2D eigenvalue weighted by Crippen LogP contribution is -2.48. The van der Waals surface area contributed by atoms with Crippen molar-refractivity contribution in [3.05, 3.63) is 53.8 Å². The first-order valence-electron chi connectivity index (χ1n) is 8.72. The molecule has 0 bridgehead atoms. The number of hydrogen-bond donors (Lipinski definition) is 0. The van der Waals surface area contributed by atoms with Crippen molar-refractivity contribution in [3.8, 4) is 0 Å². The van der Waals surface area contributed by atoms with Gasteiger partial charge in [0.15, 0.2) is 15.0 Å². The summed E-state index contributed by atoms with van der Waals surface area (Å²) < 4.78 is 37.6. The van der Waals surface area contributed by atoms with E-state index in [0.717, 1.165) is 21.6 Å². The topological polar surface area (TPSA) is 70.6 Å². The Kier molecular flexibility index (Phi) is 4.80. The molecule has 1 saturated heterocycles. The fourth-order valence-electron chi connectivity index (χ4n) is 3.16. The van der Waals surface area contributed by atoms with Gasteiger partial charge >= 0.3 is 0 Å². The molecule has 6 nitrogen and oxygen atoms in total. The van der Waals surface area contributed by atoms with Gasteiger partial charge in [-0.15, -0.1) is 0 Å². The van der Waals surface area contributed by atoms with Crippen LogP contribution in [0.1, 0.15) is 10.4 Å². The zero-order chi connectivity index (χ0) is 19.9. The largest absolute Gasteiger partial charge is 0.345 e. The van der Waals surface area contributed by atoms with Crippen LogP contribution in [-0.4, -0.2) is 56.6 Å². The monoisotopic (exact) mass is 419 g/mol. The number of hydrogen-bond acceptors (Lipinski definition) is 6. The second kappa shape index (κ2) is 7.14. The van der Waals surface area contributed by atoms with Gasteiger partial charge in [0.25, 0.3) is 5.91 Å². The van der Waals surface area contributed by atoms with Gasteiger partial charge < -0.3 is 9.80 Å². The molecule has 2 aromatic carbocycles. The average molecular weight is 420 g/mol. The van der Waals surface area contributed by atoms with E-state index in [1.807, 2.05) is 0 Å². The Balaban J connectivity index is 1.47. The zero-order valence-electron chi connectivity index (χ0n) is 15.1. The number of benzene rings is 2. The van der Waals surface area contributed by atoms with E-state index in [2.05, 4.69) is 9.88 Å². The molecule has 146 valence electrons. The van der Waals surface area contributed by atoms with E-state index in [9.17, 15) is 17.6 Å². The highest BCUT2D eigenvalue weighted by molar-refractivity contribution is 7.90. The lowest BCUT2D eigenvalue weighted by Gasteiger charge is -2.34. The van der Waals surface area contributed by atoms with E-state index in [4.69, 9.17) is 0 Å². The molecular formula is C19H18FN3O3S2. The molecule has 1 amide bonds. The number of nitrogens with zero attached hydrogens (tertiary/aromatic N) is 3. The molecule has 0 spiro atoms. The summed E-state index contributed by atoms with van der Waals surface area (Å²) in [6, 6.07) is 10.7. The molecule has 0 saturated carbocycles. The van der Waals surface area contributed by atoms with Crippen molar-refractivity contribution in [1.29, 1.82) is 0 Å². The van der Waals surface area contributed by atoms with E-state index in [0.29, 0.717) is 31.7 Å². The second-order valence-electron chi connectivity index (χ2n) is 6.69.